The van der Waals surface area contributed by atoms with Crippen molar-refractivity contribution in [3.8, 4) is 11.1 Å². The van der Waals surface area contributed by atoms with Gasteiger partial charge in [-0.25, -0.2) is 4.79 Å². The Hall–Kier alpha value is -4.54. The molecule has 2 atom stereocenters. The van der Waals surface area contributed by atoms with Gasteiger partial charge in [-0.05, 0) is 73.1 Å². The SMILES string of the molecule is C=CC(F)(F)c1nc(N2CCCC(C)C2)oc1C(=O)Nc1ccc(-c2ccc(C(=O)N3CCCC3C(=O)O)cc2)cc1. The number of piperidine rings is 1. The predicted molar refractivity (Wildman–Crippen MR) is 153 cm³/mol. The largest absolute Gasteiger partial charge is 0.480 e. The molecule has 2 aliphatic heterocycles. The molecule has 0 aliphatic carbocycles. The zero-order valence-electron chi connectivity index (χ0n) is 23.2. The number of alkyl halides is 2. The van der Waals surface area contributed by atoms with Crippen molar-refractivity contribution < 1.29 is 32.7 Å². The number of carbonyl (C=O) groups is 3. The molecule has 0 saturated carbocycles. The van der Waals surface area contributed by atoms with E-state index in [2.05, 4.69) is 23.8 Å². The maximum Gasteiger partial charge on any atom is 0.326 e. The number of hydrogen-bond donors (Lipinski definition) is 2. The Morgan fingerprint density at radius 2 is 1.69 bits per heavy atom. The number of halogens is 2. The summed E-state index contributed by atoms with van der Waals surface area (Å²) in [5, 5.41) is 12.0. The molecular formula is C31H32F2N4O5. The van der Waals surface area contributed by atoms with Crippen molar-refractivity contribution >= 4 is 29.5 Å². The molecule has 9 nitrogen and oxygen atoms in total. The molecule has 2 N–H and O–H groups in total. The van der Waals surface area contributed by atoms with Crippen LogP contribution >= 0.6 is 0 Å². The van der Waals surface area contributed by atoms with E-state index in [0.717, 1.165) is 24.0 Å². The number of nitrogens with zero attached hydrogens (tertiary/aromatic N) is 3. The van der Waals surface area contributed by atoms with Gasteiger partial charge in [0.25, 0.3) is 17.8 Å². The first-order chi connectivity index (χ1) is 20.1. The summed E-state index contributed by atoms with van der Waals surface area (Å²) in [7, 11) is 0. The number of carboxylic acids is 1. The van der Waals surface area contributed by atoms with Crippen LogP contribution < -0.4 is 10.2 Å². The second-order valence-electron chi connectivity index (χ2n) is 10.8. The van der Waals surface area contributed by atoms with Crippen LogP contribution in [0.4, 0.5) is 20.5 Å². The standard InChI is InChI=1S/C31H32F2N4O5/c1-3-31(32,33)26-25(42-30(35-26)36-16-4-6-19(2)18-36)27(38)34-23-14-12-21(13-15-23)20-8-10-22(11-9-20)28(39)37-17-5-7-24(37)29(40)41/h3,8-15,19,24H,1,4-7,16-18H2,2H3,(H,34,38)(H,40,41). The van der Waals surface area contributed by atoms with Crippen LogP contribution in [-0.2, 0) is 10.7 Å². The van der Waals surface area contributed by atoms with E-state index < -0.39 is 35.3 Å². The molecule has 5 rings (SSSR count). The van der Waals surface area contributed by atoms with E-state index in [1.807, 2.05) is 0 Å². The van der Waals surface area contributed by atoms with E-state index in [-0.39, 0.29) is 11.9 Å². The van der Waals surface area contributed by atoms with Crippen molar-refractivity contribution in [3.63, 3.8) is 0 Å². The molecule has 2 aliphatic rings. The van der Waals surface area contributed by atoms with Crippen LogP contribution in [0.1, 0.15) is 59.2 Å². The minimum atomic E-state index is -3.56. The van der Waals surface area contributed by atoms with Gasteiger partial charge in [0.05, 0.1) is 0 Å². The average molecular weight is 579 g/mol. The molecule has 2 saturated heterocycles. The van der Waals surface area contributed by atoms with Gasteiger partial charge in [-0.15, -0.1) is 0 Å². The Bertz CT molecular complexity index is 1490. The second kappa shape index (κ2) is 11.8. The van der Waals surface area contributed by atoms with Crippen molar-refractivity contribution in [2.24, 2.45) is 5.92 Å². The molecule has 2 aromatic carbocycles. The fourth-order valence-corrected chi connectivity index (χ4v) is 5.46. The predicted octanol–water partition coefficient (Wildman–Crippen LogP) is 5.80. The number of nitrogens with one attached hydrogen (secondary N) is 1. The lowest BCUT2D eigenvalue weighted by molar-refractivity contribution is -0.141. The van der Waals surface area contributed by atoms with Gasteiger partial charge in [-0.3, -0.25) is 9.59 Å². The van der Waals surface area contributed by atoms with Crippen LogP contribution in [0.2, 0.25) is 0 Å². The van der Waals surface area contributed by atoms with Gasteiger partial charge in [0.1, 0.15) is 6.04 Å². The lowest BCUT2D eigenvalue weighted by atomic mass is 10.0. The molecule has 11 heteroatoms. The van der Waals surface area contributed by atoms with E-state index in [4.69, 9.17) is 4.42 Å². The Morgan fingerprint density at radius 1 is 1.05 bits per heavy atom. The number of aromatic nitrogens is 1. The van der Waals surface area contributed by atoms with Crippen molar-refractivity contribution in [3.05, 3.63) is 78.2 Å². The monoisotopic (exact) mass is 578 g/mol. The molecular weight excluding hydrogens is 546 g/mol. The molecule has 42 heavy (non-hydrogen) atoms. The number of carboxylic acid groups (broad SMARTS) is 1. The van der Waals surface area contributed by atoms with Crippen molar-refractivity contribution in [2.75, 3.05) is 29.9 Å². The molecule has 220 valence electrons. The average Bonchev–Trinajstić information content (AvgIpc) is 3.66. The summed E-state index contributed by atoms with van der Waals surface area (Å²) in [4.78, 5) is 44.5. The van der Waals surface area contributed by atoms with Crippen LogP contribution in [0, 0.1) is 5.92 Å². The highest BCUT2D eigenvalue weighted by atomic mass is 19.3. The van der Waals surface area contributed by atoms with Gasteiger partial charge in [-0.2, -0.15) is 13.8 Å². The summed E-state index contributed by atoms with van der Waals surface area (Å²) in [5.41, 5.74) is 1.56. The van der Waals surface area contributed by atoms with Crippen LogP contribution in [0.25, 0.3) is 11.1 Å². The first-order valence-electron chi connectivity index (χ1n) is 13.9. The number of carbonyl (C=O) groups excluding carboxylic acids is 2. The molecule has 0 bridgehead atoms. The van der Waals surface area contributed by atoms with E-state index >= 15 is 0 Å². The minimum Gasteiger partial charge on any atom is -0.480 e. The molecule has 2 unspecified atom stereocenters. The normalized spacial score (nSPS) is 19.0. The lowest BCUT2D eigenvalue weighted by Gasteiger charge is -2.29. The van der Waals surface area contributed by atoms with Gasteiger partial charge in [0.15, 0.2) is 5.69 Å². The number of amides is 2. The molecule has 3 heterocycles. The first kappa shape index (κ1) is 29.0. The number of hydrogen-bond acceptors (Lipinski definition) is 6. The van der Waals surface area contributed by atoms with Crippen LogP contribution in [-0.4, -0.2) is 58.5 Å². The molecule has 0 spiro atoms. The summed E-state index contributed by atoms with van der Waals surface area (Å²) in [5.74, 6) is -5.97. The van der Waals surface area contributed by atoms with Gasteiger partial charge in [-0.1, -0.05) is 37.8 Å². The number of anilines is 2. The summed E-state index contributed by atoms with van der Waals surface area (Å²) in [6.45, 7) is 6.85. The number of benzene rings is 2. The summed E-state index contributed by atoms with van der Waals surface area (Å²) in [6.07, 6.45) is 3.41. The quantitative estimate of drug-likeness (QED) is 0.325. The third kappa shape index (κ3) is 5.90. The first-order valence-corrected chi connectivity index (χ1v) is 13.9. The van der Waals surface area contributed by atoms with E-state index in [1.54, 1.807) is 53.4 Å². The van der Waals surface area contributed by atoms with Crippen molar-refractivity contribution in [1.29, 1.82) is 0 Å². The number of rotatable bonds is 8. The van der Waals surface area contributed by atoms with Crippen LogP contribution in [0.3, 0.4) is 0 Å². The number of oxazole rings is 1. The maximum absolute atomic E-state index is 14.7. The van der Waals surface area contributed by atoms with E-state index in [1.165, 1.54) is 4.90 Å². The Balaban J connectivity index is 1.30. The fourth-order valence-electron chi connectivity index (χ4n) is 5.46. The highest BCUT2D eigenvalue weighted by Crippen LogP contribution is 2.35. The molecule has 1 aromatic heterocycles. The maximum atomic E-state index is 14.7. The molecule has 2 amide bonds. The minimum absolute atomic E-state index is 0.0105. The van der Waals surface area contributed by atoms with Gasteiger partial charge in [0, 0.05) is 30.9 Å². The Labute approximate surface area is 241 Å². The topological polar surface area (TPSA) is 116 Å². The number of aliphatic carboxylic acids is 1. The Morgan fingerprint density at radius 3 is 2.31 bits per heavy atom. The van der Waals surface area contributed by atoms with E-state index in [0.29, 0.717) is 55.7 Å². The van der Waals surface area contributed by atoms with Crippen molar-refractivity contribution in [2.45, 2.75) is 44.6 Å². The smallest absolute Gasteiger partial charge is 0.326 e. The summed E-state index contributed by atoms with van der Waals surface area (Å²) in [6, 6.07) is 12.7. The highest BCUT2D eigenvalue weighted by molar-refractivity contribution is 6.03. The second-order valence-corrected chi connectivity index (χ2v) is 10.8. The summed E-state index contributed by atoms with van der Waals surface area (Å²) >= 11 is 0. The fraction of sp³-hybridized carbons (Fsp3) is 0.355. The molecule has 0 radical (unpaired) electrons. The van der Waals surface area contributed by atoms with Crippen LogP contribution in [0.5, 0.6) is 0 Å². The lowest BCUT2D eigenvalue weighted by Crippen LogP contribution is -2.40. The zero-order chi connectivity index (χ0) is 30.0. The van der Waals surface area contributed by atoms with Crippen molar-refractivity contribution in [1.82, 2.24) is 9.88 Å². The number of allylic oxidation sites excluding steroid dienone is 1. The highest BCUT2D eigenvalue weighted by Gasteiger charge is 2.39. The van der Waals surface area contributed by atoms with Gasteiger partial charge >= 0.3 is 11.9 Å². The van der Waals surface area contributed by atoms with Gasteiger partial charge in [0.2, 0.25) is 5.76 Å². The number of likely N-dealkylation sites (tertiary alicyclic amines) is 1. The third-order valence-electron chi connectivity index (χ3n) is 7.73. The Kier molecular flexibility index (Phi) is 8.11. The zero-order valence-corrected chi connectivity index (χ0v) is 23.2. The van der Waals surface area contributed by atoms with E-state index in [9.17, 15) is 28.3 Å². The molecule has 2 fully saturated rings. The molecule has 3 aromatic rings. The van der Waals surface area contributed by atoms with Crippen LogP contribution in [0.15, 0.2) is 65.6 Å². The van der Waals surface area contributed by atoms with Gasteiger partial charge < -0.3 is 24.6 Å². The summed E-state index contributed by atoms with van der Waals surface area (Å²) < 4.78 is 35.0. The third-order valence-corrected chi connectivity index (χ3v) is 7.73.